The minimum absolute atomic E-state index is 0.0642. The van der Waals surface area contributed by atoms with E-state index < -0.39 is 17.6 Å². The standard InChI is InChI=1S/C18H24FNO2/c1-3-22-17(21)18(9-10-18)16-14(19)11-15(20-16)12(2)13-7-5-4-6-8-13/h4-8,12,14-16,20H,3,9-11H2,1-2H3/t12-,14?,15?,16?/m0/s1. The summed E-state index contributed by atoms with van der Waals surface area (Å²) in [5, 5.41) is 3.41. The van der Waals surface area contributed by atoms with Crippen LogP contribution in [0.4, 0.5) is 4.39 Å². The summed E-state index contributed by atoms with van der Waals surface area (Å²) in [6.45, 7) is 4.27. The summed E-state index contributed by atoms with van der Waals surface area (Å²) in [7, 11) is 0. The third-order valence-corrected chi connectivity index (χ3v) is 5.23. The molecule has 1 saturated heterocycles. The third-order valence-electron chi connectivity index (χ3n) is 5.23. The predicted molar refractivity (Wildman–Crippen MR) is 83.4 cm³/mol. The summed E-state index contributed by atoms with van der Waals surface area (Å²) >= 11 is 0. The van der Waals surface area contributed by atoms with Crippen LogP contribution in [0.15, 0.2) is 30.3 Å². The lowest BCUT2D eigenvalue weighted by Crippen LogP contribution is -2.45. The lowest BCUT2D eigenvalue weighted by Gasteiger charge is -2.25. The van der Waals surface area contributed by atoms with Gasteiger partial charge in [0.15, 0.2) is 0 Å². The van der Waals surface area contributed by atoms with Crippen molar-refractivity contribution in [3.05, 3.63) is 35.9 Å². The highest BCUT2D eigenvalue weighted by atomic mass is 19.1. The molecule has 0 radical (unpaired) electrons. The molecule has 3 nitrogen and oxygen atoms in total. The number of benzene rings is 1. The molecule has 0 amide bonds. The highest BCUT2D eigenvalue weighted by Crippen LogP contribution is 2.53. The molecular weight excluding hydrogens is 281 g/mol. The Kier molecular flexibility index (Phi) is 4.22. The second-order valence-corrected chi connectivity index (χ2v) is 6.58. The van der Waals surface area contributed by atoms with Crippen molar-refractivity contribution in [2.24, 2.45) is 5.41 Å². The summed E-state index contributed by atoms with van der Waals surface area (Å²) in [5.41, 5.74) is 0.578. The van der Waals surface area contributed by atoms with Crippen LogP contribution < -0.4 is 5.32 Å². The lowest BCUT2D eigenvalue weighted by molar-refractivity contribution is -0.151. The van der Waals surface area contributed by atoms with E-state index in [-0.39, 0.29) is 17.9 Å². The van der Waals surface area contributed by atoms with Crippen LogP contribution in [-0.2, 0) is 9.53 Å². The Morgan fingerprint density at radius 1 is 1.41 bits per heavy atom. The largest absolute Gasteiger partial charge is 0.466 e. The molecule has 22 heavy (non-hydrogen) atoms. The van der Waals surface area contributed by atoms with E-state index in [1.54, 1.807) is 6.92 Å². The summed E-state index contributed by atoms with van der Waals surface area (Å²) in [5.74, 6) is -0.00869. The van der Waals surface area contributed by atoms with Gasteiger partial charge in [-0.05, 0) is 37.7 Å². The SMILES string of the molecule is CCOC(=O)C1(C2NC([C@@H](C)c3ccccc3)CC2F)CC1. The van der Waals surface area contributed by atoms with E-state index in [1.165, 1.54) is 5.56 Å². The average molecular weight is 305 g/mol. The monoisotopic (exact) mass is 305 g/mol. The normalized spacial score (nSPS) is 30.8. The van der Waals surface area contributed by atoms with Gasteiger partial charge in [-0.2, -0.15) is 0 Å². The number of hydrogen-bond acceptors (Lipinski definition) is 3. The van der Waals surface area contributed by atoms with Crippen molar-refractivity contribution in [1.29, 1.82) is 0 Å². The van der Waals surface area contributed by atoms with E-state index in [2.05, 4.69) is 24.4 Å². The average Bonchev–Trinajstić information content (AvgIpc) is 3.25. The molecule has 0 aromatic heterocycles. The number of esters is 1. The topological polar surface area (TPSA) is 38.3 Å². The number of halogens is 1. The molecule has 1 N–H and O–H groups in total. The van der Waals surface area contributed by atoms with Crippen molar-refractivity contribution in [2.75, 3.05) is 6.61 Å². The Hall–Kier alpha value is -1.42. The van der Waals surface area contributed by atoms with Gasteiger partial charge in [0.25, 0.3) is 0 Å². The first-order valence-corrected chi connectivity index (χ1v) is 8.21. The second kappa shape index (κ2) is 5.99. The van der Waals surface area contributed by atoms with Crippen LogP contribution in [0.2, 0.25) is 0 Å². The fraction of sp³-hybridized carbons (Fsp3) is 0.611. The van der Waals surface area contributed by atoms with Crippen LogP contribution in [0.25, 0.3) is 0 Å². The minimum atomic E-state index is -0.983. The summed E-state index contributed by atoms with van der Waals surface area (Å²) in [4.78, 5) is 12.2. The lowest BCUT2D eigenvalue weighted by atomic mass is 9.91. The van der Waals surface area contributed by atoms with Gasteiger partial charge in [0.05, 0.1) is 18.1 Å². The number of hydrogen-bond donors (Lipinski definition) is 1. The van der Waals surface area contributed by atoms with E-state index in [0.717, 1.165) is 12.8 Å². The molecule has 1 heterocycles. The number of rotatable bonds is 5. The van der Waals surface area contributed by atoms with Crippen molar-refractivity contribution in [3.8, 4) is 0 Å². The molecule has 0 bridgehead atoms. The van der Waals surface area contributed by atoms with Crippen molar-refractivity contribution in [2.45, 2.75) is 57.3 Å². The molecule has 3 unspecified atom stereocenters. The quantitative estimate of drug-likeness (QED) is 0.849. The number of nitrogens with one attached hydrogen (secondary N) is 1. The number of carbonyl (C=O) groups excluding carboxylic acids is 1. The molecule has 2 fully saturated rings. The van der Waals surface area contributed by atoms with Crippen LogP contribution in [-0.4, -0.2) is 30.8 Å². The fourth-order valence-electron chi connectivity index (χ4n) is 3.68. The Morgan fingerprint density at radius 3 is 2.68 bits per heavy atom. The summed E-state index contributed by atoms with van der Waals surface area (Å²) < 4.78 is 19.7. The first-order chi connectivity index (χ1) is 10.6. The van der Waals surface area contributed by atoms with E-state index in [1.807, 2.05) is 18.2 Å². The molecular formula is C18H24FNO2. The molecule has 1 aliphatic heterocycles. The molecule has 1 aliphatic carbocycles. The molecule has 4 atom stereocenters. The molecule has 0 spiro atoms. The van der Waals surface area contributed by atoms with Crippen LogP contribution in [0, 0.1) is 5.41 Å². The van der Waals surface area contributed by atoms with Gasteiger partial charge in [0, 0.05) is 6.04 Å². The molecule has 2 aliphatic rings. The van der Waals surface area contributed by atoms with E-state index in [0.29, 0.717) is 13.0 Å². The first-order valence-electron chi connectivity index (χ1n) is 8.21. The Balaban J connectivity index is 1.71. The van der Waals surface area contributed by atoms with Gasteiger partial charge in [0.2, 0.25) is 0 Å². The number of alkyl halides is 1. The zero-order chi connectivity index (χ0) is 15.7. The van der Waals surface area contributed by atoms with Crippen molar-refractivity contribution in [1.82, 2.24) is 5.32 Å². The maximum atomic E-state index is 14.6. The Bertz CT molecular complexity index is 529. The minimum Gasteiger partial charge on any atom is -0.466 e. The fourth-order valence-corrected chi connectivity index (χ4v) is 3.68. The van der Waals surface area contributed by atoms with Crippen LogP contribution in [0.5, 0.6) is 0 Å². The summed E-state index contributed by atoms with van der Waals surface area (Å²) in [6.07, 6.45) is 0.942. The third kappa shape index (κ3) is 2.65. The van der Waals surface area contributed by atoms with Gasteiger partial charge in [-0.25, -0.2) is 4.39 Å². The molecule has 1 saturated carbocycles. The van der Waals surface area contributed by atoms with Crippen LogP contribution in [0.3, 0.4) is 0 Å². The van der Waals surface area contributed by atoms with Gasteiger partial charge < -0.3 is 10.1 Å². The van der Waals surface area contributed by atoms with Crippen LogP contribution >= 0.6 is 0 Å². The highest BCUT2D eigenvalue weighted by Gasteiger charge is 2.61. The Morgan fingerprint density at radius 2 is 2.09 bits per heavy atom. The van der Waals surface area contributed by atoms with E-state index >= 15 is 0 Å². The highest BCUT2D eigenvalue weighted by molar-refractivity contribution is 5.81. The molecule has 4 heteroatoms. The van der Waals surface area contributed by atoms with Crippen molar-refractivity contribution in [3.63, 3.8) is 0 Å². The maximum absolute atomic E-state index is 14.6. The molecule has 1 aromatic rings. The van der Waals surface area contributed by atoms with E-state index in [9.17, 15) is 9.18 Å². The van der Waals surface area contributed by atoms with Crippen molar-refractivity contribution < 1.29 is 13.9 Å². The Labute approximate surface area is 131 Å². The van der Waals surface area contributed by atoms with Gasteiger partial charge in [-0.3, -0.25) is 4.79 Å². The number of ether oxygens (including phenoxy) is 1. The zero-order valence-corrected chi connectivity index (χ0v) is 13.2. The summed E-state index contributed by atoms with van der Waals surface area (Å²) in [6, 6.07) is 9.81. The smallest absolute Gasteiger partial charge is 0.313 e. The van der Waals surface area contributed by atoms with Crippen LogP contribution in [0.1, 0.15) is 44.6 Å². The van der Waals surface area contributed by atoms with Gasteiger partial charge in [0.1, 0.15) is 6.17 Å². The van der Waals surface area contributed by atoms with E-state index in [4.69, 9.17) is 4.74 Å². The van der Waals surface area contributed by atoms with Gasteiger partial charge in [-0.15, -0.1) is 0 Å². The van der Waals surface area contributed by atoms with Crippen molar-refractivity contribution >= 4 is 5.97 Å². The predicted octanol–water partition coefficient (Wildman–Crippen LogP) is 3.20. The molecule has 120 valence electrons. The second-order valence-electron chi connectivity index (χ2n) is 6.58. The van der Waals surface area contributed by atoms with Gasteiger partial charge in [-0.1, -0.05) is 37.3 Å². The first kappa shape index (κ1) is 15.5. The molecule has 3 rings (SSSR count). The van der Waals surface area contributed by atoms with Gasteiger partial charge >= 0.3 is 5.97 Å². The zero-order valence-electron chi connectivity index (χ0n) is 13.2. The molecule has 1 aromatic carbocycles. The maximum Gasteiger partial charge on any atom is 0.313 e. The number of carbonyl (C=O) groups is 1.